The van der Waals surface area contributed by atoms with Crippen LogP contribution in [-0.4, -0.2) is 4.98 Å². The van der Waals surface area contributed by atoms with E-state index in [1.165, 1.54) is 22.2 Å². The Kier molecular flexibility index (Phi) is 2.40. The van der Waals surface area contributed by atoms with Crippen LogP contribution >= 0.6 is 0 Å². The number of hydrogen-bond acceptors (Lipinski definition) is 0. The summed E-state index contributed by atoms with van der Waals surface area (Å²) < 4.78 is 0. The molecular weight excluding hydrogens is 170 g/mol. The number of nitrogens with one attached hydrogen (secondary N) is 1. The number of aromatic amines is 1. The third-order valence-corrected chi connectivity index (χ3v) is 2.52. The van der Waals surface area contributed by atoms with Crippen molar-refractivity contribution in [2.24, 2.45) is 0 Å². The van der Waals surface area contributed by atoms with Gasteiger partial charge >= 0.3 is 0 Å². The SMILES string of the molecule is CCC=Cc1[nH]c2ccccc2c1C. The van der Waals surface area contributed by atoms with E-state index in [0.29, 0.717) is 0 Å². The van der Waals surface area contributed by atoms with Gasteiger partial charge in [-0.3, -0.25) is 0 Å². The first-order valence-corrected chi connectivity index (χ1v) is 5.06. The number of aryl methyl sites for hydroxylation is 1. The van der Waals surface area contributed by atoms with Crippen LogP contribution in [-0.2, 0) is 0 Å². The fourth-order valence-electron chi connectivity index (χ4n) is 1.71. The van der Waals surface area contributed by atoms with E-state index < -0.39 is 0 Å². The van der Waals surface area contributed by atoms with Crippen LogP contribution in [0.25, 0.3) is 17.0 Å². The number of rotatable bonds is 2. The van der Waals surface area contributed by atoms with Gasteiger partial charge < -0.3 is 4.98 Å². The lowest BCUT2D eigenvalue weighted by Crippen LogP contribution is -1.73. The quantitative estimate of drug-likeness (QED) is 0.730. The monoisotopic (exact) mass is 185 g/mol. The number of fused-ring (bicyclic) bond motifs is 1. The molecule has 0 aliphatic carbocycles. The second-order valence-electron chi connectivity index (χ2n) is 3.52. The average Bonchev–Trinajstić information content (AvgIpc) is 2.54. The van der Waals surface area contributed by atoms with Gasteiger partial charge in [0.25, 0.3) is 0 Å². The number of allylic oxidation sites excluding steroid dienone is 1. The molecule has 0 fully saturated rings. The van der Waals surface area contributed by atoms with E-state index in [1.807, 2.05) is 0 Å². The Labute approximate surface area is 84.5 Å². The van der Waals surface area contributed by atoms with Crippen molar-refractivity contribution < 1.29 is 0 Å². The normalized spacial score (nSPS) is 11.6. The first-order chi connectivity index (χ1) is 6.83. The summed E-state index contributed by atoms with van der Waals surface area (Å²) in [7, 11) is 0. The summed E-state index contributed by atoms with van der Waals surface area (Å²) >= 11 is 0. The van der Waals surface area contributed by atoms with Crippen molar-refractivity contribution in [3.63, 3.8) is 0 Å². The Morgan fingerprint density at radius 2 is 2.07 bits per heavy atom. The Balaban J connectivity index is 2.57. The zero-order valence-electron chi connectivity index (χ0n) is 8.67. The van der Waals surface area contributed by atoms with Crippen molar-refractivity contribution in [3.8, 4) is 0 Å². The lowest BCUT2D eigenvalue weighted by molar-refractivity contribution is 1.23. The number of hydrogen-bond donors (Lipinski definition) is 1. The molecule has 1 aromatic carbocycles. The van der Waals surface area contributed by atoms with Gasteiger partial charge in [0.05, 0.1) is 0 Å². The molecule has 0 spiro atoms. The molecule has 0 radical (unpaired) electrons. The molecule has 0 amide bonds. The van der Waals surface area contributed by atoms with Crippen molar-refractivity contribution >= 4 is 17.0 Å². The van der Waals surface area contributed by atoms with E-state index >= 15 is 0 Å². The molecule has 0 saturated heterocycles. The van der Waals surface area contributed by atoms with Gasteiger partial charge in [0.2, 0.25) is 0 Å². The van der Waals surface area contributed by atoms with Gasteiger partial charge in [-0.25, -0.2) is 0 Å². The molecule has 0 aliphatic rings. The maximum atomic E-state index is 3.41. The summed E-state index contributed by atoms with van der Waals surface area (Å²) in [6.07, 6.45) is 5.42. The van der Waals surface area contributed by atoms with Crippen LogP contribution in [0.15, 0.2) is 30.3 Å². The topological polar surface area (TPSA) is 15.8 Å². The summed E-state index contributed by atoms with van der Waals surface area (Å²) in [4.78, 5) is 3.41. The minimum atomic E-state index is 1.08. The van der Waals surface area contributed by atoms with Crippen LogP contribution in [0.1, 0.15) is 24.6 Å². The number of H-pyrrole nitrogens is 1. The van der Waals surface area contributed by atoms with Gasteiger partial charge in [0.1, 0.15) is 0 Å². The molecule has 2 aromatic rings. The highest BCUT2D eigenvalue weighted by molar-refractivity contribution is 5.86. The van der Waals surface area contributed by atoms with Crippen LogP contribution in [0.2, 0.25) is 0 Å². The first kappa shape index (κ1) is 9.07. The highest BCUT2D eigenvalue weighted by Crippen LogP contribution is 2.21. The maximum Gasteiger partial charge on any atom is 0.0461 e. The van der Waals surface area contributed by atoms with Gasteiger partial charge in [-0.15, -0.1) is 0 Å². The smallest absolute Gasteiger partial charge is 0.0461 e. The zero-order valence-corrected chi connectivity index (χ0v) is 8.67. The van der Waals surface area contributed by atoms with Crippen molar-refractivity contribution in [1.82, 2.24) is 4.98 Å². The van der Waals surface area contributed by atoms with Gasteiger partial charge in [0, 0.05) is 16.6 Å². The third kappa shape index (κ3) is 1.46. The highest BCUT2D eigenvalue weighted by Gasteiger charge is 2.02. The van der Waals surface area contributed by atoms with E-state index in [4.69, 9.17) is 0 Å². The van der Waals surface area contributed by atoms with Crippen LogP contribution in [0.5, 0.6) is 0 Å². The minimum Gasteiger partial charge on any atom is -0.355 e. The van der Waals surface area contributed by atoms with E-state index in [-0.39, 0.29) is 0 Å². The molecule has 1 heterocycles. The molecule has 1 aromatic heterocycles. The van der Waals surface area contributed by atoms with Crippen molar-refractivity contribution in [3.05, 3.63) is 41.6 Å². The molecule has 0 bridgehead atoms. The third-order valence-electron chi connectivity index (χ3n) is 2.52. The van der Waals surface area contributed by atoms with Gasteiger partial charge in [-0.1, -0.05) is 31.2 Å². The van der Waals surface area contributed by atoms with Gasteiger partial charge in [0.15, 0.2) is 0 Å². The Hall–Kier alpha value is -1.50. The lowest BCUT2D eigenvalue weighted by atomic mass is 10.1. The Bertz CT molecular complexity index is 463. The Morgan fingerprint density at radius 3 is 2.79 bits per heavy atom. The van der Waals surface area contributed by atoms with E-state index in [2.05, 4.69) is 55.2 Å². The van der Waals surface area contributed by atoms with Crippen molar-refractivity contribution in [1.29, 1.82) is 0 Å². The summed E-state index contributed by atoms with van der Waals surface area (Å²) in [6.45, 7) is 4.31. The second kappa shape index (κ2) is 3.70. The molecule has 72 valence electrons. The van der Waals surface area contributed by atoms with E-state index in [9.17, 15) is 0 Å². The first-order valence-electron chi connectivity index (χ1n) is 5.06. The van der Waals surface area contributed by atoms with Crippen LogP contribution in [0, 0.1) is 6.92 Å². The molecule has 1 N–H and O–H groups in total. The van der Waals surface area contributed by atoms with E-state index in [1.54, 1.807) is 0 Å². The molecular formula is C13H15N. The standard InChI is InChI=1S/C13H15N/c1-3-4-8-12-10(2)11-7-5-6-9-13(11)14-12/h4-9,14H,3H2,1-2H3. The molecule has 0 atom stereocenters. The maximum absolute atomic E-state index is 3.41. The van der Waals surface area contributed by atoms with Crippen LogP contribution < -0.4 is 0 Å². The fraction of sp³-hybridized carbons (Fsp3) is 0.231. The molecule has 0 saturated carbocycles. The summed E-state index contributed by atoms with van der Waals surface area (Å²) in [5.41, 5.74) is 3.79. The summed E-state index contributed by atoms with van der Waals surface area (Å²) in [5.74, 6) is 0. The fourth-order valence-corrected chi connectivity index (χ4v) is 1.71. The molecule has 0 unspecified atom stereocenters. The van der Waals surface area contributed by atoms with Crippen molar-refractivity contribution in [2.45, 2.75) is 20.3 Å². The molecule has 14 heavy (non-hydrogen) atoms. The second-order valence-corrected chi connectivity index (χ2v) is 3.52. The molecule has 2 rings (SSSR count). The number of para-hydroxylation sites is 1. The van der Waals surface area contributed by atoms with E-state index in [0.717, 1.165) is 6.42 Å². The largest absolute Gasteiger partial charge is 0.355 e. The predicted octanol–water partition coefficient (Wildman–Crippen LogP) is 3.90. The molecule has 1 nitrogen and oxygen atoms in total. The predicted molar refractivity (Wildman–Crippen MR) is 62.4 cm³/mol. The lowest BCUT2D eigenvalue weighted by Gasteiger charge is -1.90. The minimum absolute atomic E-state index is 1.08. The van der Waals surface area contributed by atoms with Gasteiger partial charge in [-0.2, -0.15) is 0 Å². The summed E-state index contributed by atoms with van der Waals surface area (Å²) in [6, 6.07) is 8.41. The summed E-state index contributed by atoms with van der Waals surface area (Å²) in [5, 5.41) is 1.32. The Morgan fingerprint density at radius 1 is 1.29 bits per heavy atom. The molecule has 1 heteroatoms. The highest BCUT2D eigenvalue weighted by atomic mass is 14.7. The number of aromatic nitrogens is 1. The number of benzene rings is 1. The molecule has 0 aliphatic heterocycles. The van der Waals surface area contributed by atoms with Crippen LogP contribution in [0.4, 0.5) is 0 Å². The zero-order chi connectivity index (χ0) is 9.97. The van der Waals surface area contributed by atoms with Gasteiger partial charge in [-0.05, 0) is 31.1 Å². The van der Waals surface area contributed by atoms with Crippen LogP contribution in [0.3, 0.4) is 0 Å². The average molecular weight is 185 g/mol. The van der Waals surface area contributed by atoms with Crippen molar-refractivity contribution in [2.75, 3.05) is 0 Å².